The van der Waals surface area contributed by atoms with Gasteiger partial charge in [0.05, 0.1) is 10.6 Å². The first-order valence-electron chi connectivity index (χ1n) is 7.95. The van der Waals surface area contributed by atoms with Crippen LogP contribution in [0.25, 0.3) is 0 Å². The number of carbonyl (C=O) groups is 2. The number of para-hydroxylation sites is 1. The van der Waals surface area contributed by atoms with Crippen LogP contribution in [0.3, 0.4) is 0 Å². The Morgan fingerprint density at radius 2 is 1.78 bits per heavy atom. The number of thioether (sulfide) groups is 1. The predicted octanol–water partition coefficient (Wildman–Crippen LogP) is 3.76. The molecule has 0 saturated heterocycles. The molecule has 0 spiro atoms. The van der Waals surface area contributed by atoms with Gasteiger partial charge in [-0.25, -0.2) is 0 Å². The van der Waals surface area contributed by atoms with E-state index >= 15 is 0 Å². The van der Waals surface area contributed by atoms with Crippen molar-refractivity contribution in [3.8, 4) is 0 Å². The second-order valence-electron chi connectivity index (χ2n) is 6.59. The summed E-state index contributed by atoms with van der Waals surface area (Å²) in [5, 5.41) is 2.84. The smallest absolute Gasteiger partial charge is 0.262 e. The Labute approximate surface area is 142 Å². The van der Waals surface area contributed by atoms with Gasteiger partial charge in [-0.2, -0.15) is 0 Å². The molecule has 1 aliphatic heterocycles. The van der Waals surface area contributed by atoms with Crippen LogP contribution in [0.4, 0.5) is 5.69 Å². The Kier molecular flexibility index (Phi) is 5.88. The Morgan fingerprint density at radius 1 is 1.17 bits per heavy atom. The van der Waals surface area contributed by atoms with E-state index in [2.05, 4.69) is 33.0 Å². The fourth-order valence-electron chi connectivity index (χ4n) is 2.44. The molecule has 4 nitrogen and oxygen atoms in total. The Balaban J connectivity index is 2.18. The molecule has 0 radical (unpaired) electrons. The summed E-state index contributed by atoms with van der Waals surface area (Å²) in [6.07, 6.45) is 1.47. The van der Waals surface area contributed by atoms with Gasteiger partial charge in [-0.3, -0.25) is 9.59 Å². The fourth-order valence-corrected chi connectivity index (χ4v) is 3.36. The molecular weight excluding hydrogens is 308 g/mol. The van der Waals surface area contributed by atoms with E-state index in [1.165, 1.54) is 17.8 Å². The van der Waals surface area contributed by atoms with Crippen molar-refractivity contribution in [2.45, 2.75) is 32.6 Å². The number of nitrogens with zero attached hydrogens (tertiary/aromatic N) is 1. The first kappa shape index (κ1) is 17.6. The van der Waals surface area contributed by atoms with Crippen LogP contribution in [0.15, 0.2) is 40.1 Å². The molecule has 0 aliphatic carbocycles. The molecule has 0 bridgehead atoms. The molecule has 1 aromatic carbocycles. The first-order chi connectivity index (χ1) is 10.9. The molecule has 1 N–H and O–H groups in total. The van der Waals surface area contributed by atoms with E-state index in [-0.39, 0.29) is 11.8 Å². The summed E-state index contributed by atoms with van der Waals surface area (Å²) in [4.78, 5) is 28.0. The minimum absolute atomic E-state index is 0.0931. The Hall–Kier alpha value is -1.75. The SMILES string of the molecule is CC(C)CN(CC(C)C)C(=O)C=C1Sc2ccccc2NC1=O. The number of rotatable bonds is 5. The minimum Gasteiger partial charge on any atom is -0.339 e. The van der Waals surface area contributed by atoms with Crippen LogP contribution in [0, 0.1) is 11.8 Å². The number of fused-ring (bicyclic) bond motifs is 1. The number of hydrogen-bond donors (Lipinski definition) is 1. The highest BCUT2D eigenvalue weighted by molar-refractivity contribution is 8.04. The quantitative estimate of drug-likeness (QED) is 0.835. The minimum atomic E-state index is -0.212. The molecule has 2 amide bonds. The molecule has 1 aromatic rings. The standard InChI is InChI=1S/C18H24N2O2S/c1-12(2)10-20(11-13(3)4)17(21)9-16-18(22)19-14-7-5-6-8-15(14)23-16/h5-9,12-13H,10-11H2,1-4H3,(H,19,22). The summed E-state index contributed by atoms with van der Waals surface area (Å²) in [7, 11) is 0. The van der Waals surface area contributed by atoms with Gasteiger partial charge in [-0.1, -0.05) is 51.6 Å². The average molecular weight is 332 g/mol. The lowest BCUT2D eigenvalue weighted by Crippen LogP contribution is -2.36. The van der Waals surface area contributed by atoms with E-state index in [1.54, 1.807) is 0 Å². The van der Waals surface area contributed by atoms with Gasteiger partial charge in [-0.15, -0.1) is 0 Å². The number of nitrogens with one attached hydrogen (secondary N) is 1. The molecular formula is C18H24N2O2S. The molecule has 0 fully saturated rings. The molecule has 2 rings (SSSR count). The third-order valence-corrected chi connectivity index (χ3v) is 4.42. The van der Waals surface area contributed by atoms with Crippen molar-refractivity contribution in [1.29, 1.82) is 0 Å². The van der Waals surface area contributed by atoms with Gasteiger partial charge in [-0.05, 0) is 24.0 Å². The third kappa shape index (κ3) is 4.86. The molecule has 23 heavy (non-hydrogen) atoms. The zero-order chi connectivity index (χ0) is 17.0. The maximum atomic E-state index is 12.6. The predicted molar refractivity (Wildman–Crippen MR) is 95.3 cm³/mol. The van der Waals surface area contributed by atoms with Crippen molar-refractivity contribution in [2.75, 3.05) is 18.4 Å². The molecule has 5 heteroatoms. The third-order valence-electron chi connectivity index (χ3n) is 3.32. The van der Waals surface area contributed by atoms with Gasteiger partial charge in [0.2, 0.25) is 5.91 Å². The summed E-state index contributed by atoms with van der Waals surface area (Å²) in [6, 6.07) is 7.61. The van der Waals surface area contributed by atoms with Crippen molar-refractivity contribution >= 4 is 29.3 Å². The van der Waals surface area contributed by atoms with Crippen LogP contribution in [0.1, 0.15) is 27.7 Å². The van der Waals surface area contributed by atoms with E-state index in [4.69, 9.17) is 0 Å². The van der Waals surface area contributed by atoms with Crippen LogP contribution >= 0.6 is 11.8 Å². The number of benzene rings is 1. The van der Waals surface area contributed by atoms with Crippen LogP contribution in [-0.4, -0.2) is 29.8 Å². The zero-order valence-electron chi connectivity index (χ0n) is 14.1. The van der Waals surface area contributed by atoms with Gasteiger partial charge >= 0.3 is 0 Å². The second kappa shape index (κ2) is 7.68. The molecule has 1 heterocycles. The maximum Gasteiger partial charge on any atom is 0.262 e. The Morgan fingerprint density at radius 3 is 2.39 bits per heavy atom. The molecule has 124 valence electrons. The van der Waals surface area contributed by atoms with E-state index in [0.29, 0.717) is 29.8 Å². The first-order valence-corrected chi connectivity index (χ1v) is 8.77. The highest BCUT2D eigenvalue weighted by Crippen LogP contribution is 2.37. The van der Waals surface area contributed by atoms with Gasteiger partial charge in [0.25, 0.3) is 5.91 Å². The zero-order valence-corrected chi connectivity index (χ0v) is 14.9. The largest absolute Gasteiger partial charge is 0.339 e. The number of carbonyl (C=O) groups excluding carboxylic acids is 2. The lowest BCUT2D eigenvalue weighted by molar-refractivity contribution is -0.127. The van der Waals surface area contributed by atoms with E-state index in [9.17, 15) is 9.59 Å². The lowest BCUT2D eigenvalue weighted by atomic mass is 10.1. The van der Waals surface area contributed by atoms with Crippen LogP contribution in [0.2, 0.25) is 0 Å². The highest BCUT2D eigenvalue weighted by atomic mass is 32.2. The van der Waals surface area contributed by atoms with Crippen molar-refractivity contribution in [2.24, 2.45) is 11.8 Å². The van der Waals surface area contributed by atoms with Crippen LogP contribution in [0.5, 0.6) is 0 Å². The maximum absolute atomic E-state index is 12.6. The molecule has 0 atom stereocenters. The fraction of sp³-hybridized carbons (Fsp3) is 0.444. The second-order valence-corrected chi connectivity index (χ2v) is 7.68. The summed E-state index contributed by atoms with van der Waals surface area (Å²) >= 11 is 1.35. The van der Waals surface area contributed by atoms with Crippen molar-refractivity contribution < 1.29 is 9.59 Å². The monoisotopic (exact) mass is 332 g/mol. The summed E-state index contributed by atoms with van der Waals surface area (Å²) in [5.41, 5.74) is 0.799. The van der Waals surface area contributed by atoms with Crippen molar-refractivity contribution in [1.82, 2.24) is 4.90 Å². The number of amides is 2. The van der Waals surface area contributed by atoms with E-state index in [0.717, 1.165) is 10.6 Å². The molecule has 1 aliphatic rings. The summed E-state index contributed by atoms with van der Waals surface area (Å²) in [5.74, 6) is 0.481. The topological polar surface area (TPSA) is 49.4 Å². The van der Waals surface area contributed by atoms with Gasteiger partial charge in [0, 0.05) is 24.1 Å². The van der Waals surface area contributed by atoms with Crippen molar-refractivity contribution in [3.63, 3.8) is 0 Å². The normalized spacial score (nSPS) is 15.7. The van der Waals surface area contributed by atoms with E-state index < -0.39 is 0 Å². The summed E-state index contributed by atoms with van der Waals surface area (Å²) in [6.45, 7) is 9.75. The van der Waals surface area contributed by atoms with Crippen molar-refractivity contribution in [3.05, 3.63) is 35.2 Å². The Bertz CT molecular complexity index is 613. The van der Waals surface area contributed by atoms with Gasteiger partial charge < -0.3 is 10.2 Å². The number of anilines is 1. The number of hydrogen-bond acceptors (Lipinski definition) is 3. The van der Waals surface area contributed by atoms with Crippen LogP contribution < -0.4 is 5.32 Å². The van der Waals surface area contributed by atoms with Gasteiger partial charge in [0.15, 0.2) is 0 Å². The molecule has 0 unspecified atom stereocenters. The summed E-state index contributed by atoms with van der Waals surface area (Å²) < 4.78 is 0. The average Bonchev–Trinajstić information content (AvgIpc) is 2.46. The van der Waals surface area contributed by atoms with Crippen LogP contribution in [-0.2, 0) is 9.59 Å². The lowest BCUT2D eigenvalue weighted by Gasteiger charge is -2.26. The molecule has 0 aromatic heterocycles. The molecule has 0 saturated carbocycles. The van der Waals surface area contributed by atoms with Gasteiger partial charge in [0.1, 0.15) is 0 Å². The van der Waals surface area contributed by atoms with E-state index in [1.807, 2.05) is 29.2 Å². The highest BCUT2D eigenvalue weighted by Gasteiger charge is 2.23.